The van der Waals surface area contributed by atoms with Crippen LogP contribution >= 0.6 is 23.2 Å². The van der Waals surface area contributed by atoms with Gasteiger partial charge in [-0.15, -0.1) is 0 Å². The maximum absolute atomic E-state index is 14.4. The number of hydrogen-bond acceptors (Lipinski definition) is 14. The van der Waals surface area contributed by atoms with Gasteiger partial charge in [0.1, 0.15) is 9.79 Å². The zero-order chi connectivity index (χ0) is 47.9. The topological polar surface area (TPSA) is 345 Å². The first kappa shape index (κ1) is 48.8. The van der Waals surface area contributed by atoms with Gasteiger partial charge in [0, 0.05) is 92.1 Å². The molecule has 9 aromatic rings. The molecule has 8 N–H and O–H groups in total. The number of nitrogens with one attached hydrogen (secondary N) is 6. The van der Waals surface area contributed by atoms with Gasteiger partial charge in [0.15, 0.2) is 0 Å². The molecular formula is C42H22Cl2N12Na2O10S2. The Balaban J connectivity index is 0.00000304. The Morgan fingerprint density at radius 2 is 0.800 bits per heavy atom. The summed E-state index contributed by atoms with van der Waals surface area (Å²) in [5.41, 5.74) is -1.97. The number of hydrogen-bond donors (Lipinski definition) is 8. The van der Waals surface area contributed by atoms with Crippen molar-refractivity contribution in [2.75, 3.05) is 9.80 Å². The Kier molecular flexibility index (Phi) is 12.0. The largest absolute Gasteiger partial charge is 0.300 e. The van der Waals surface area contributed by atoms with Crippen LogP contribution in [0.1, 0.15) is 41.4 Å². The minimum atomic E-state index is -5.03. The number of halogens is 2. The number of H-pyrrole nitrogens is 4. The standard InChI is InChI=1S/C42H22Cl2N12O10S2.2Na/c43-37-49-39(45)53-41(51-37)47-25-11-1-15(13-27(25)67(61,62)63)55-33(57)21-7-3-17-19-5-9-23-32-24(10-6-20(30(19)32)18-4-8-22(34(55)58)31(21)29(17)18)36(60)56(35(23)59)16-2-12-26(28(14-16)68(64,65)66)48-42-52-38(44)50-40(46)54-42;;/h1-14H,(H,61,62,63)(H,64,65,66)(H3,45,47,49,51,53)(H3,46,48,50,52,54);;. The number of carbonyl (C=O) groups excluding carboxylic acids is 4. The number of fused-ring (bicyclic) bond motifs is 2. The summed E-state index contributed by atoms with van der Waals surface area (Å²) < 4.78 is 71.1. The van der Waals surface area contributed by atoms with Crippen LogP contribution < -0.4 is 32.3 Å². The third kappa shape index (κ3) is 7.72. The quantitative estimate of drug-likeness (QED) is 0.0387. The third-order valence-corrected chi connectivity index (χ3v) is 13.5. The fraction of sp³-hybridized carbons (Fsp3) is 0. The van der Waals surface area contributed by atoms with Crippen molar-refractivity contribution in [1.29, 1.82) is 10.8 Å². The van der Waals surface area contributed by atoms with Crippen LogP contribution in [0.3, 0.4) is 0 Å². The second kappa shape index (κ2) is 17.3. The molecule has 11 rings (SSSR count). The van der Waals surface area contributed by atoms with E-state index in [-0.39, 0.29) is 126 Å². The normalized spacial score (nSPS) is 14.3. The van der Waals surface area contributed by atoms with Crippen LogP contribution in [0.2, 0.25) is 10.6 Å². The molecular weight excluding hydrogens is 1010 g/mol. The number of imide groups is 2. The van der Waals surface area contributed by atoms with Crippen molar-refractivity contribution in [3.05, 3.63) is 140 Å². The van der Waals surface area contributed by atoms with Crippen LogP contribution in [0.5, 0.6) is 0 Å². The van der Waals surface area contributed by atoms with E-state index >= 15 is 0 Å². The Morgan fingerprint density at radius 1 is 0.486 bits per heavy atom. The molecule has 4 heterocycles. The van der Waals surface area contributed by atoms with Crippen molar-refractivity contribution in [2.24, 2.45) is 9.98 Å². The van der Waals surface area contributed by atoms with Crippen molar-refractivity contribution in [2.45, 2.75) is 9.79 Å². The number of nitrogens with zero attached hydrogens (tertiary/aromatic N) is 6. The zero-order valence-corrected chi connectivity index (χ0v) is 42.6. The van der Waals surface area contributed by atoms with E-state index in [1.165, 1.54) is 36.4 Å². The average Bonchev–Trinajstić information content (AvgIpc) is 3.26. The van der Waals surface area contributed by atoms with Crippen molar-refractivity contribution in [1.82, 2.24) is 29.9 Å². The predicted octanol–water partition coefficient (Wildman–Crippen LogP) is 3.90. The maximum atomic E-state index is 14.4. The molecule has 0 unspecified atom stereocenters. The minimum Gasteiger partial charge on any atom is -0.300 e. The molecule has 0 saturated heterocycles. The molecule has 0 spiro atoms. The predicted molar refractivity (Wildman–Crippen MR) is 252 cm³/mol. The van der Waals surface area contributed by atoms with Gasteiger partial charge >= 0.3 is 0 Å². The molecule has 22 nitrogen and oxygen atoms in total. The van der Waals surface area contributed by atoms with E-state index in [9.17, 15) is 45.1 Å². The molecule has 0 aliphatic carbocycles. The van der Waals surface area contributed by atoms with Crippen LogP contribution in [0, 0.1) is 10.8 Å². The molecule has 338 valence electrons. The van der Waals surface area contributed by atoms with Gasteiger partial charge in [0.2, 0.25) is 33.0 Å². The molecule has 2 radical (unpaired) electrons. The summed E-state index contributed by atoms with van der Waals surface area (Å²) in [4.78, 5) is 83.0. The number of rotatable bonds is 6. The van der Waals surface area contributed by atoms with Crippen molar-refractivity contribution < 1.29 is 45.1 Å². The van der Waals surface area contributed by atoms with Crippen molar-refractivity contribution in [3.63, 3.8) is 0 Å². The molecule has 0 bridgehead atoms. The fourth-order valence-corrected chi connectivity index (χ4v) is 10.4. The summed E-state index contributed by atoms with van der Waals surface area (Å²) in [6, 6.07) is 19.3. The molecule has 2 aliphatic heterocycles. The summed E-state index contributed by atoms with van der Waals surface area (Å²) in [5.74, 6) is -3.26. The molecule has 0 saturated carbocycles. The number of aromatic nitrogens is 6. The first-order valence-corrected chi connectivity index (χ1v) is 23.0. The Labute approximate surface area is 443 Å². The van der Waals surface area contributed by atoms with E-state index in [1.807, 2.05) is 0 Å². The van der Waals surface area contributed by atoms with Gasteiger partial charge in [-0.2, -0.15) is 26.8 Å². The monoisotopic (exact) mass is 1030 g/mol. The van der Waals surface area contributed by atoms with E-state index < -0.39 is 64.9 Å². The molecule has 2 aromatic heterocycles. The number of benzene rings is 7. The molecule has 0 fully saturated rings. The van der Waals surface area contributed by atoms with E-state index in [0.29, 0.717) is 43.1 Å². The average molecular weight is 1040 g/mol. The van der Waals surface area contributed by atoms with Gasteiger partial charge in [0.25, 0.3) is 43.9 Å². The smallest absolute Gasteiger partial charge is 0.296 e. The molecule has 28 heteroatoms. The molecule has 7 aromatic carbocycles. The van der Waals surface area contributed by atoms with Crippen LogP contribution in [-0.4, -0.2) is 139 Å². The van der Waals surface area contributed by atoms with Crippen LogP contribution in [0.25, 0.3) is 43.1 Å². The Morgan fingerprint density at radius 3 is 1.09 bits per heavy atom. The maximum Gasteiger partial charge on any atom is 0.296 e. The summed E-state index contributed by atoms with van der Waals surface area (Å²) in [6.07, 6.45) is 0. The Bertz CT molecular complexity index is 4030. The van der Waals surface area contributed by atoms with Gasteiger partial charge in [0.05, 0.1) is 22.7 Å². The number of aromatic amines is 4. The molecule has 4 amide bonds. The fourth-order valence-electron chi connectivity index (χ4n) is 8.76. The van der Waals surface area contributed by atoms with Gasteiger partial charge in [-0.25, -0.2) is 19.8 Å². The SMILES string of the molecule is N=c1nc(Cl)[nH]c(=Nc2ccc(N3C(=O)c4ccc5c6ccc7c8c(ccc(c9ccc(c4c59)C3=O)c86)C(=O)N(c3ccc(N=c4[nH]c(Cl)nc(=N)[nH]4)c(S(=O)(=O)O)c3)C7=O)cc2S(=O)(=O)O)[nH]1.[Na].[Na]. The summed E-state index contributed by atoms with van der Waals surface area (Å²) >= 11 is 11.8. The summed E-state index contributed by atoms with van der Waals surface area (Å²) in [7, 11) is -10.1. The number of amides is 4. The molecule has 70 heavy (non-hydrogen) atoms. The van der Waals surface area contributed by atoms with Gasteiger partial charge in [-0.1, -0.05) is 24.3 Å². The van der Waals surface area contributed by atoms with Crippen molar-refractivity contribution >= 4 is 192 Å². The van der Waals surface area contributed by atoms with Crippen LogP contribution in [-0.2, 0) is 20.2 Å². The first-order chi connectivity index (χ1) is 32.3. The van der Waals surface area contributed by atoms with E-state index in [0.717, 1.165) is 34.1 Å². The number of carbonyl (C=O) groups is 4. The first-order valence-electron chi connectivity index (χ1n) is 19.4. The van der Waals surface area contributed by atoms with Gasteiger partial charge < -0.3 is 9.97 Å². The van der Waals surface area contributed by atoms with Crippen LogP contribution in [0.4, 0.5) is 22.7 Å². The zero-order valence-electron chi connectivity index (χ0n) is 35.5. The third-order valence-electron chi connectivity index (χ3n) is 11.4. The summed E-state index contributed by atoms with van der Waals surface area (Å²) in [6.45, 7) is 0. The van der Waals surface area contributed by atoms with E-state index in [4.69, 9.17) is 34.0 Å². The summed E-state index contributed by atoms with van der Waals surface area (Å²) in [5, 5.41) is 18.9. The second-order valence-electron chi connectivity index (χ2n) is 15.2. The van der Waals surface area contributed by atoms with Crippen LogP contribution in [0.15, 0.2) is 105 Å². The second-order valence-corrected chi connectivity index (χ2v) is 18.7. The number of anilines is 2. The van der Waals surface area contributed by atoms with Gasteiger partial charge in [-0.3, -0.25) is 49.1 Å². The Hall–Kier alpha value is -6.26. The van der Waals surface area contributed by atoms with Gasteiger partial charge in [-0.05, 0) is 116 Å². The van der Waals surface area contributed by atoms with E-state index in [1.54, 1.807) is 24.3 Å². The minimum absolute atomic E-state index is 0. The van der Waals surface area contributed by atoms with Crippen molar-refractivity contribution in [3.8, 4) is 0 Å². The van der Waals surface area contributed by atoms with E-state index in [2.05, 4.69) is 39.9 Å². The molecule has 0 atom stereocenters. The molecule has 2 aliphatic rings.